The first-order valence-corrected chi connectivity index (χ1v) is 6.25. The van der Waals surface area contributed by atoms with Crippen LogP contribution in [0.15, 0.2) is 54.6 Å². The maximum absolute atomic E-state index is 12.0. The Labute approximate surface area is 113 Å². The normalized spacial score (nSPS) is 11.9. The number of carbonyl (C=O) groups is 1. The van der Waals surface area contributed by atoms with Crippen molar-refractivity contribution in [3.05, 3.63) is 71.3 Å². The SMILES string of the molecule is CC(OC(=O)c1cccc(CN)c1)c1ccccc1. The summed E-state index contributed by atoms with van der Waals surface area (Å²) < 4.78 is 5.44. The van der Waals surface area contributed by atoms with Crippen LogP contribution < -0.4 is 5.73 Å². The number of benzene rings is 2. The van der Waals surface area contributed by atoms with Crippen LogP contribution in [-0.4, -0.2) is 5.97 Å². The van der Waals surface area contributed by atoms with Crippen molar-refractivity contribution < 1.29 is 9.53 Å². The third-order valence-corrected chi connectivity index (χ3v) is 2.95. The number of carbonyl (C=O) groups excluding carboxylic acids is 1. The minimum atomic E-state index is -0.327. The van der Waals surface area contributed by atoms with Crippen LogP contribution in [0.2, 0.25) is 0 Å². The van der Waals surface area contributed by atoms with Crippen molar-refractivity contribution in [1.82, 2.24) is 0 Å². The van der Waals surface area contributed by atoms with Gasteiger partial charge in [-0.25, -0.2) is 4.79 Å². The van der Waals surface area contributed by atoms with Gasteiger partial charge in [0.2, 0.25) is 0 Å². The lowest BCUT2D eigenvalue weighted by molar-refractivity contribution is 0.0338. The zero-order chi connectivity index (χ0) is 13.7. The number of nitrogens with two attached hydrogens (primary N) is 1. The molecule has 3 nitrogen and oxygen atoms in total. The van der Waals surface area contributed by atoms with Crippen LogP contribution in [0, 0.1) is 0 Å². The molecule has 2 aromatic rings. The van der Waals surface area contributed by atoms with E-state index >= 15 is 0 Å². The van der Waals surface area contributed by atoms with Crippen molar-refractivity contribution in [1.29, 1.82) is 0 Å². The van der Waals surface area contributed by atoms with E-state index in [2.05, 4.69) is 0 Å². The van der Waals surface area contributed by atoms with Crippen LogP contribution in [0.3, 0.4) is 0 Å². The van der Waals surface area contributed by atoms with E-state index in [4.69, 9.17) is 10.5 Å². The number of hydrogen-bond donors (Lipinski definition) is 1. The minimum Gasteiger partial charge on any atom is -0.454 e. The first-order valence-electron chi connectivity index (χ1n) is 6.25. The van der Waals surface area contributed by atoms with Gasteiger partial charge in [0.1, 0.15) is 6.10 Å². The maximum Gasteiger partial charge on any atom is 0.338 e. The number of hydrogen-bond acceptors (Lipinski definition) is 3. The van der Waals surface area contributed by atoms with Crippen LogP contribution in [0.25, 0.3) is 0 Å². The Morgan fingerprint density at radius 2 is 1.89 bits per heavy atom. The summed E-state index contributed by atoms with van der Waals surface area (Å²) in [5.41, 5.74) is 7.99. The second-order valence-electron chi connectivity index (χ2n) is 4.36. The molecule has 3 heteroatoms. The quantitative estimate of drug-likeness (QED) is 0.854. The van der Waals surface area contributed by atoms with E-state index in [1.54, 1.807) is 12.1 Å². The number of rotatable bonds is 4. The highest BCUT2D eigenvalue weighted by atomic mass is 16.5. The van der Waals surface area contributed by atoms with Gasteiger partial charge in [-0.1, -0.05) is 42.5 Å². The van der Waals surface area contributed by atoms with Crippen LogP contribution in [0.5, 0.6) is 0 Å². The van der Waals surface area contributed by atoms with Crippen LogP contribution in [-0.2, 0) is 11.3 Å². The van der Waals surface area contributed by atoms with Gasteiger partial charge in [0.05, 0.1) is 5.56 Å². The zero-order valence-corrected chi connectivity index (χ0v) is 10.9. The summed E-state index contributed by atoms with van der Waals surface area (Å²) in [6, 6.07) is 16.9. The molecule has 2 aromatic carbocycles. The molecule has 0 amide bonds. The summed E-state index contributed by atoms with van der Waals surface area (Å²) in [5.74, 6) is -0.327. The van der Waals surface area contributed by atoms with Crippen molar-refractivity contribution in [2.45, 2.75) is 19.6 Å². The fraction of sp³-hybridized carbons (Fsp3) is 0.188. The first-order chi connectivity index (χ1) is 9.20. The highest BCUT2D eigenvalue weighted by molar-refractivity contribution is 5.89. The third kappa shape index (κ3) is 3.42. The van der Waals surface area contributed by atoms with Crippen molar-refractivity contribution in [2.24, 2.45) is 5.73 Å². The average Bonchev–Trinajstić information content (AvgIpc) is 2.48. The molecule has 2 N–H and O–H groups in total. The summed E-state index contributed by atoms with van der Waals surface area (Å²) in [5, 5.41) is 0. The third-order valence-electron chi connectivity index (χ3n) is 2.95. The van der Waals surface area contributed by atoms with Crippen molar-refractivity contribution >= 4 is 5.97 Å². The fourth-order valence-electron chi connectivity index (χ4n) is 1.85. The van der Waals surface area contributed by atoms with Crippen molar-refractivity contribution in [3.63, 3.8) is 0 Å². The largest absolute Gasteiger partial charge is 0.454 e. The summed E-state index contributed by atoms with van der Waals surface area (Å²) in [6.07, 6.45) is -0.268. The van der Waals surface area contributed by atoms with Gasteiger partial charge >= 0.3 is 5.97 Å². The molecular formula is C16H17NO2. The van der Waals surface area contributed by atoms with Gasteiger partial charge in [-0.3, -0.25) is 0 Å². The standard InChI is InChI=1S/C16H17NO2/c1-12(14-7-3-2-4-8-14)19-16(18)15-9-5-6-13(10-15)11-17/h2-10,12H,11,17H2,1H3. The van der Waals surface area contributed by atoms with Crippen molar-refractivity contribution in [2.75, 3.05) is 0 Å². The Hall–Kier alpha value is -2.13. The van der Waals surface area contributed by atoms with Gasteiger partial charge < -0.3 is 10.5 Å². The van der Waals surface area contributed by atoms with Crippen LogP contribution in [0.4, 0.5) is 0 Å². The molecule has 1 atom stereocenters. The lowest BCUT2D eigenvalue weighted by Gasteiger charge is -2.13. The molecule has 0 heterocycles. The molecule has 0 radical (unpaired) electrons. The average molecular weight is 255 g/mol. The molecule has 0 saturated carbocycles. The molecule has 19 heavy (non-hydrogen) atoms. The predicted molar refractivity (Wildman–Crippen MR) is 74.6 cm³/mol. The molecule has 0 aromatic heterocycles. The highest BCUT2D eigenvalue weighted by Crippen LogP contribution is 2.18. The van der Waals surface area contributed by atoms with Gasteiger partial charge in [-0.05, 0) is 30.2 Å². The molecule has 0 aliphatic rings. The van der Waals surface area contributed by atoms with E-state index in [1.165, 1.54) is 0 Å². The molecule has 0 aliphatic carbocycles. The monoisotopic (exact) mass is 255 g/mol. The molecule has 98 valence electrons. The fourth-order valence-corrected chi connectivity index (χ4v) is 1.85. The molecule has 0 fully saturated rings. The zero-order valence-electron chi connectivity index (χ0n) is 10.9. The topological polar surface area (TPSA) is 52.3 Å². The Morgan fingerprint density at radius 3 is 2.58 bits per heavy atom. The minimum absolute atomic E-state index is 0.268. The van der Waals surface area contributed by atoms with E-state index in [1.807, 2.05) is 49.4 Å². The molecule has 2 rings (SSSR count). The Kier molecular flexibility index (Phi) is 4.31. The summed E-state index contributed by atoms with van der Waals surface area (Å²) in [6.45, 7) is 2.27. The Bertz CT molecular complexity index is 552. The Balaban J connectivity index is 2.08. The molecule has 0 spiro atoms. The lowest BCUT2D eigenvalue weighted by atomic mass is 10.1. The van der Waals surface area contributed by atoms with E-state index in [0.717, 1.165) is 11.1 Å². The second kappa shape index (κ2) is 6.16. The van der Waals surface area contributed by atoms with Gasteiger partial charge in [-0.2, -0.15) is 0 Å². The van der Waals surface area contributed by atoms with E-state index < -0.39 is 0 Å². The van der Waals surface area contributed by atoms with Gasteiger partial charge in [-0.15, -0.1) is 0 Å². The molecular weight excluding hydrogens is 238 g/mol. The molecule has 0 bridgehead atoms. The lowest BCUT2D eigenvalue weighted by Crippen LogP contribution is -2.10. The van der Waals surface area contributed by atoms with Gasteiger partial charge in [0, 0.05) is 6.54 Å². The number of esters is 1. The molecule has 0 saturated heterocycles. The van der Waals surface area contributed by atoms with Gasteiger partial charge in [0.25, 0.3) is 0 Å². The highest BCUT2D eigenvalue weighted by Gasteiger charge is 2.13. The molecule has 1 unspecified atom stereocenters. The predicted octanol–water partition coefficient (Wildman–Crippen LogP) is 3.06. The van der Waals surface area contributed by atoms with Gasteiger partial charge in [0.15, 0.2) is 0 Å². The van der Waals surface area contributed by atoms with Crippen LogP contribution >= 0.6 is 0 Å². The number of ether oxygens (including phenoxy) is 1. The second-order valence-corrected chi connectivity index (χ2v) is 4.36. The van der Waals surface area contributed by atoms with Crippen LogP contribution in [0.1, 0.15) is 34.5 Å². The molecule has 0 aliphatic heterocycles. The summed E-state index contributed by atoms with van der Waals surface area (Å²) >= 11 is 0. The smallest absolute Gasteiger partial charge is 0.338 e. The summed E-state index contributed by atoms with van der Waals surface area (Å²) in [4.78, 5) is 12.0. The van der Waals surface area contributed by atoms with E-state index in [-0.39, 0.29) is 12.1 Å². The van der Waals surface area contributed by atoms with Crippen molar-refractivity contribution in [3.8, 4) is 0 Å². The summed E-state index contributed by atoms with van der Waals surface area (Å²) in [7, 11) is 0. The van der Waals surface area contributed by atoms with E-state index in [0.29, 0.717) is 12.1 Å². The first kappa shape index (κ1) is 13.3. The maximum atomic E-state index is 12.0. The Morgan fingerprint density at radius 1 is 1.16 bits per heavy atom. The van der Waals surface area contributed by atoms with E-state index in [9.17, 15) is 4.79 Å².